The number of nitrogens with one attached hydrogen (secondary N) is 1. The van der Waals surface area contributed by atoms with Gasteiger partial charge in [0.1, 0.15) is 6.10 Å². The zero-order chi connectivity index (χ0) is 14.3. The maximum atomic E-state index is 11.4. The number of aliphatic hydroxyl groups is 1. The Labute approximate surface area is 122 Å². The molecule has 1 atom stereocenters. The van der Waals surface area contributed by atoms with Crippen LogP contribution in [0.4, 0.5) is 5.69 Å². The fourth-order valence-corrected chi connectivity index (χ4v) is 2.85. The minimum atomic E-state index is -0.741. The lowest BCUT2D eigenvalue weighted by atomic mass is 9.96. The minimum absolute atomic E-state index is 0.0653. The molecule has 2 N–H and O–H groups in total. The molecule has 2 aromatic rings. The van der Waals surface area contributed by atoms with Crippen LogP contribution in [0.2, 0.25) is 5.02 Å². The molecule has 1 heterocycles. The van der Waals surface area contributed by atoms with Gasteiger partial charge in [-0.1, -0.05) is 41.9 Å². The van der Waals surface area contributed by atoms with Crippen molar-refractivity contribution in [3.63, 3.8) is 0 Å². The molecule has 0 radical (unpaired) electrons. The highest BCUT2D eigenvalue weighted by Crippen LogP contribution is 2.36. The number of hydrogen-bond donors (Lipinski definition) is 2. The van der Waals surface area contributed by atoms with E-state index in [0.717, 1.165) is 16.7 Å². The second-order valence-corrected chi connectivity index (χ2v) is 5.43. The number of carbonyl (C=O) groups excluding carboxylic acids is 1. The average molecular weight is 288 g/mol. The molecule has 1 aliphatic heterocycles. The third-order valence-electron chi connectivity index (χ3n) is 3.61. The minimum Gasteiger partial charge on any atom is -0.384 e. The summed E-state index contributed by atoms with van der Waals surface area (Å²) < 4.78 is 0. The first kappa shape index (κ1) is 13.2. The Balaban J connectivity index is 2.04. The molecule has 20 heavy (non-hydrogen) atoms. The molecule has 4 heteroatoms. The summed E-state index contributed by atoms with van der Waals surface area (Å²) in [5, 5.41) is 13.7. The molecule has 0 saturated carbocycles. The van der Waals surface area contributed by atoms with Crippen molar-refractivity contribution < 1.29 is 9.90 Å². The van der Waals surface area contributed by atoms with Crippen LogP contribution in [0.15, 0.2) is 36.4 Å². The summed E-state index contributed by atoms with van der Waals surface area (Å²) in [5.74, 6) is -0.0653. The molecule has 0 fully saturated rings. The quantitative estimate of drug-likeness (QED) is 0.891. The number of halogens is 1. The van der Waals surface area contributed by atoms with Crippen molar-refractivity contribution in [1.82, 2.24) is 0 Å². The summed E-state index contributed by atoms with van der Waals surface area (Å²) in [7, 11) is 0. The first-order valence-electron chi connectivity index (χ1n) is 6.42. The Morgan fingerprint density at radius 2 is 2.05 bits per heavy atom. The summed E-state index contributed by atoms with van der Waals surface area (Å²) in [6, 6.07) is 11.2. The fourth-order valence-electron chi connectivity index (χ4n) is 2.55. The number of aryl methyl sites for hydroxylation is 1. The van der Waals surface area contributed by atoms with E-state index in [9.17, 15) is 9.90 Å². The second-order valence-electron chi connectivity index (χ2n) is 5.02. The summed E-state index contributed by atoms with van der Waals surface area (Å²) in [5.41, 5.74) is 4.08. The van der Waals surface area contributed by atoms with Crippen LogP contribution >= 0.6 is 11.6 Å². The number of anilines is 1. The standard InChI is InChI=1S/C16H14ClNO2/c1-9-4-2-3-5-12(9)16(20)11-6-10-8-14(19)18-15(10)13(17)7-11/h2-7,16,20H,8H2,1H3,(H,18,19). The van der Waals surface area contributed by atoms with Crippen LogP contribution in [0.5, 0.6) is 0 Å². The van der Waals surface area contributed by atoms with Gasteiger partial charge in [-0.15, -0.1) is 0 Å². The summed E-state index contributed by atoms with van der Waals surface area (Å²) in [6.07, 6.45) is -0.432. The van der Waals surface area contributed by atoms with Gasteiger partial charge in [-0.2, -0.15) is 0 Å². The number of fused-ring (bicyclic) bond motifs is 1. The van der Waals surface area contributed by atoms with Crippen molar-refractivity contribution in [2.24, 2.45) is 0 Å². The molecule has 0 aliphatic carbocycles. The first-order chi connectivity index (χ1) is 9.56. The third kappa shape index (κ3) is 2.19. The third-order valence-corrected chi connectivity index (χ3v) is 3.91. The fraction of sp³-hybridized carbons (Fsp3) is 0.188. The van der Waals surface area contributed by atoms with Crippen LogP contribution in [0, 0.1) is 6.92 Å². The van der Waals surface area contributed by atoms with Crippen molar-refractivity contribution in [1.29, 1.82) is 0 Å². The van der Waals surface area contributed by atoms with Gasteiger partial charge in [0.2, 0.25) is 5.91 Å². The van der Waals surface area contributed by atoms with Crippen LogP contribution in [0.25, 0.3) is 0 Å². The second kappa shape index (κ2) is 4.93. The highest BCUT2D eigenvalue weighted by Gasteiger charge is 2.23. The Morgan fingerprint density at radius 1 is 1.30 bits per heavy atom. The van der Waals surface area contributed by atoms with E-state index in [1.54, 1.807) is 6.07 Å². The van der Waals surface area contributed by atoms with E-state index in [0.29, 0.717) is 22.7 Å². The molecule has 0 bridgehead atoms. The van der Waals surface area contributed by atoms with Crippen LogP contribution < -0.4 is 5.32 Å². The number of hydrogen-bond acceptors (Lipinski definition) is 2. The van der Waals surface area contributed by atoms with Crippen molar-refractivity contribution in [3.05, 3.63) is 63.7 Å². The van der Waals surface area contributed by atoms with E-state index in [1.807, 2.05) is 37.3 Å². The zero-order valence-corrected chi connectivity index (χ0v) is 11.7. The van der Waals surface area contributed by atoms with Gasteiger partial charge < -0.3 is 10.4 Å². The van der Waals surface area contributed by atoms with Crippen LogP contribution in [-0.2, 0) is 11.2 Å². The monoisotopic (exact) mass is 287 g/mol. The molecule has 1 aliphatic rings. The van der Waals surface area contributed by atoms with Gasteiger partial charge in [-0.3, -0.25) is 4.79 Å². The lowest BCUT2D eigenvalue weighted by Gasteiger charge is -2.16. The van der Waals surface area contributed by atoms with E-state index in [1.165, 1.54) is 0 Å². The zero-order valence-electron chi connectivity index (χ0n) is 11.0. The highest BCUT2D eigenvalue weighted by molar-refractivity contribution is 6.34. The molecule has 0 spiro atoms. The van der Waals surface area contributed by atoms with Crippen molar-refractivity contribution >= 4 is 23.2 Å². The van der Waals surface area contributed by atoms with E-state index >= 15 is 0 Å². The van der Waals surface area contributed by atoms with Gasteiger partial charge in [0.25, 0.3) is 0 Å². The molecule has 1 unspecified atom stereocenters. The van der Waals surface area contributed by atoms with Gasteiger partial charge >= 0.3 is 0 Å². The molecular formula is C16H14ClNO2. The highest BCUT2D eigenvalue weighted by atomic mass is 35.5. The number of carbonyl (C=O) groups is 1. The average Bonchev–Trinajstić information content (AvgIpc) is 2.79. The molecule has 0 saturated heterocycles. The van der Waals surface area contributed by atoms with Gasteiger partial charge in [0, 0.05) is 0 Å². The van der Waals surface area contributed by atoms with E-state index < -0.39 is 6.10 Å². The van der Waals surface area contributed by atoms with Gasteiger partial charge in [0.15, 0.2) is 0 Å². The summed E-state index contributed by atoms with van der Waals surface area (Å²) in [6.45, 7) is 1.96. The number of amides is 1. The van der Waals surface area contributed by atoms with Gasteiger partial charge in [-0.05, 0) is 35.2 Å². The normalized spacial score (nSPS) is 14.8. The molecule has 0 aromatic heterocycles. The Kier molecular flexibility index (Phi) is 3.24. The van der Waals surface area contributed by atoms with Crippen molar-refractivity contribution in [2.75, 3.05) is 5.32 Å². The van der Waals surface area contributed by atoms with Crippen molar-refractivity contribution in [3.8, 4) is 0 Å². The maximum Gasteiger partial charge on any atom is 0.228 e. The van der Waals surface area contributed by atoms with Crippen LogP contribution in [-0.4, -0.2) is 11.0 Å². The largest absolute Gasteiger partial charge is 0.384 e. The molecule has 1 amide bonds. The van der Waals surface area contributed by atoms with E-state index in [2.05, 4.69) is 5.32 Å². The lowest BCUT2D eigenvalue weighted by molar-refractivity contribution is -0.115. The maximum absolute atomic E-state index is 11.4. The first-order valence-corrected chi connectivity index (χ1v) is 6.80. The predicted molar refractivity (Wildman–Crippen MR) is 79.0 cm³/mol. The molecule has 2 aromatic carbocycles. The Hall–Kier alpha value is -1.84. The Morgan fingerprint density at radius 3 is 2.80 bits per heavy atom. The van der Waals surface area contributed by atoms with Crippen molar-refractivity contribution in [2.45, 2.75) is 19.4 Å². The molecule has 3 rings (SSSR count). The van der Waals surface area contributed by atoms with Gasteiger partial charge in [-0.25, -0.2) is 0 Å². The summed E-state index contributed by atoms with van der Waals surface area (Å²) in [4.78, 5) is 11.4. The van der Waals surface area contributed by atoms with Crippen LogP contribution in [0.1, 0.15) is 28.4 Å². The van der Waals surface area contributed by atoms with E-state index in [-0.39, 0.29) is 5.91 Å². The lowest BCUT2D eigenvalue weighted by Crippen LogP contribution is -2.03. The number of benzene rings is 2. The number of aliphatic hydroxyl groups excluding tert-OH is 1. The Bertz CT molecular complexity index is 697. The van der Waals surface area contributed by atoms with E-state index in [4.69, 9.17) is 11.6 Å². The summed E-state index contributed by atoms with van der Waals surface area (Å²) >= 11 is 6.19. The van der Waals surface area contributed by atoms with Crippen LogP contribution in [0.3, 0.4) is 0 Å². The molecule has 3 nitrogen and oxygen atoms in total. The molecule has 102 valence electrons. The topological polar surface area (TPSA) is 49.3 Å². The SMILES string of the molecule is Cc1ccccc1C(O)c1cc(Cl)c2c(c1)CC(=O)N2. The number of rotatable bonds is 2. The smallest absolute Gasteiger partial charge is 0.228 e. The predicted octanol–water partition coefficient (Wildman–Crippen LogP) is 3.22. The molecular weight excluding hydrogens is 274 g/mol. The van der Waals surface area contributed by atoms with Gasteiger partial charge in [0.05, 0.1) is 17.1 Å².